The zero-order chi connectivity index (χ0) is 40.2. The number of rotatable bonds is 10. The Labute approximate surface area is 336 Å². The monoisotopic (exact) mass is 795 g/mol. The fourth-order valence-electron chi connectivity index (χ4n) is 8.80. The third kappa shape index (κ3) is 8.51. The zero-order valence-electron chi connectivity index (χ0n) is 32.3. The van der Waals surface area contributed by atoms with Crippen LogP contribution in [0.25, 0.3) is 0 Å². The Morgan fingerprint density at radius 3 is 2.22 bits per heavy atom. The number of carbonyl (C=O) groups excluding carboxylic acids is 3. The number of benzene rings is 4. The van der Waals surface area contributed by atoms with E-state index in [1.807, 2.05) is 42.5 Å². The van der Waals surface area contributed by atoms with Crippen LogP contribution in [0.15, 0.2) is 84.9 Å². The molecule has 0 aromatic heterocycles. The van der Waals surface area contributed by atoms with Gasteiger partial charge in [-0.25, -0.2) is 13.2 Å². The molecule has 9 nitrogen and oxygen atoms in total. The summed E-state index contributed by atoms with van der Waals surface area (Å²) in [5.41, 5.74) is 1.81. The van der Waals surface area contributed by atoms with E-state index in [-0.39, 0.29) is 25.1 Å². The SMILES string of the molecule is O=C(NC1c2ccccc2Oc2cc(OCC3CCCCCCC3)ccc21)C1CCCN1C(=O)C1CC(F)CN1C(=O)c1cc(F)c(OCc2ccccc2)c(F)c1. The van der Waals surface area contributed by atoms with Crippen molar-refractivity contribution in [2.75, 3.05) is 19.7 Å². The van der Waals surface area contributed by atoms with Crippen LogP contribution >= 0.6 is 0 Å². The van der Waals surface area contributed by atoms with Gasteiger partial charge in [0.05, 0.1) is 19.2 Å². The molecule has 0 bridgehead atoms. The Kier molecular flexibility index (Phi) is 11.9. The van der Waals surface area contributed by atoms with Gasteiger partial charge in [0.2, 0.25) is 11.8 Å². The second-order valence-electron chi connectivity index (χ2n) is 15.8. The van der Waals surface area contributed by atoms with Crippen LogP contribution < -0.4 is 19.5 Å². The van der Waals surface area contributed by atoms with Gasteiger partial charge in [0.15, 0.2) is 17.4 Å². The van der Waals surface area contributed by atoms with Gasteiger partial charge in [-0.3, -0.25) is 14.4 Å². The van der Waals surface area contributed by atoms with Crippen molar-refractivity contribution < 1.29 is 41.8 Å². The lowest BCUT2D eigenvalue weighted by Crippen LogP contribution is -2.53. The van der Waals surface area contributed by atoms with Gasteiger partial charge in [-0.1, -0.05) is 80.6 Å². The summed E-state index contributed by atoms with van der Waals surface area (Å²) in [5.74, 6) is -2.36. The summed E-state index contributed by atoms with van der Waals surface area (Å²) < 4.78 is 63.3. The maximum atomic E-state index is 15.2. The lowest BCUT2D eigenvalue weighted by Gasteiger charge is -2.33. The van der Waals surface area contributed by atoms with E-state index in [0.29, 0.717) is 48.2 Å². The minimum atomic E-state index is -1.54. The number of nitrogens with zero attached hydrogens (tertiary/aromatic N) is 2. The summed E-state index contributed by atoms with van der Waals surface area (Å²) in [6.07, 6.45) is 7.65. The Balaban J connectivity index is 0.959. The van der Waals surface area contributed by atoms with E-state index < -0.39 is 65.9 Å². The first-order valence-electron chi connectivity index (χ1n) is 20.5. The average Bonchev–Trinajstić information content (AvgIpc) is 3.87. The first-order valence-corrected chi connectivity index (χ1v) is 20.5. The average molecular weight is 796 g/mol. The van der Waals surface area contributed by atoms with Crippen molar-refractivity contribution in [2.45, 2.75) is 95.1 Å². The highest BCUT2D eigenvalue weighted by atomic mass is 19.1. The van der Waals surface area contributed by atoms with Gasteiger partial charge in [0, 0.05) is 35.7 Å². The number of para-hydroxylation sites is 1. The van der Waals surface area contributed by atoms with Crippen molar-refractivity contribution in [3.8, 4) is 23.0 Å². The van der Waals surface area contributed by atoms with Crippen LogP contribution in [0.4, 0.5) is 13.2 Å². The molecule has 1 aliphatic carbocycles. The van der Waals surface area contributed by atoms with Crippen molar-refractivity contribution in [2.24, 2.45) is 5.92 Å². The second kappa shape index (κ2) is 17.5. The number of amides is 3. The van der Waals surface area contributed by atoms with Crippen LogP contribution in [0, 0.1) is 17.6 Å². The number of hydrogen-bond acceptors (Lipinski definition) is 6. The summed E-state index contributed by atoms with van der Waals surface area (Å²) in [6, 6.07) is 20.9. The maximum Gasteiger partial charge on any atom is 0.254 e. The standard InChI is InChI=1S/C46H48F3N3O6/c47-32-24-39(52(26-32)45(54)31-22-36(48)43(37(49)23-31)57-28-30-14-7-4-8-15-30)46(55)51-21-11-17-38(51)44(53)50-42-34-16-9-10-18-40(34)58-41-25-33(19-20-35(41)42)56-27-29-12-5-2-1-3-6-13-29/h4,7-10,14-16,18-20,22-23,25,29,32,38-39,42H,1-3,5-6,11-13,17,21,24,26-28H2,(H,50,53). The molecule has 4 aliphatic rings. The number of carbonyl (C=O) groups is 3. The van der Waals surface area contributed by atoms with Crippen molar-refractivity contribution in [1.29, 1.82) is 0 Å². The number of nitrogens with one attached hydrogen (secondary N) is 1. The van der Waals surface area contributed by atoms with Gasteiger partial charge in [-0.05, 0) is 67.5 Å². The van der Waals surface area contributed by atoms with Gasteiger partial charge in [0.25, 0.3) is 5.91 Å². The molecule has 2 saturated heterocycles. The predicted octanol–water partition coefficient (Wildman–Crippen LogP) is 8.84. The van der Waals surface area contributed by atoms with Crippen LogP contribution in [0.5, 0.6) is 23.0 Å². The number of hydrogen-bond donors (Lipinski definition) is 1. The number of ether oxygens (including phenoxy) is 3. The first-order chi connectivity index (χ1) is 28.2. The van der Waals surface area contributed by atoms with E-state index in [2.05, 4.69) is 5.32 Å². The zero-order valence-corrected chi connectivity index (χ0v) is 32.3. The minimum absolute atomic E-state index is 0.0947. The summed E-state index contributed by atoms with van der Waals surface area (Å²) in [6.45, 7) is 0.338. The van der Waals surface area contributed by atoms with Gasteiger partial charge in [-0.15, -0.1) is 0 Å². The number of alkyl halides is 1. The summed E-state index contributed by atoms with van der Waals surface area (Å²) in [7, 11) is 0. The molecule has 12 heteroatoms. The lowest BCUT2D eigenvalue weighted by molar-refractivity contribution is -0.141. The molecule has 3 fully saturated rings. The third-order valence-corrected chi connectivity index (χ3v) is 11.8. The molecular weight excluding hydrogens is 748 g/mol. The molecule has 3 aliphatic heterocycles. The molecule has 0 radical (unpaired) electrons. The Morgan fingerprint density at radius 1 is 0.741 bits per heavy atom. The fraction of sp³-hybridized carbons (Fsp3) is 0.413. The Morgan fingerprint density at radius 2 is 1.45 bits per heavy atom. The highest BCUT2D eigenvalue weighted by molar-refractivity contribution is 5.99. The van der Waals surface area contributed by atoms with E-state index in [9.17, 15) is 14.4 Å². The molecule has 8 rings (SSSR count). The van der Waals surface area contributed by atoms with Crippen molar-refractivity contribution in [3.05, 3.63) is 119 Å². The lowest BCUT2D eigenvalue weighted by atomic mass is 9.92. The van der Waals surface area contributed by atoms with Crippen LogP contribution in [0.3, 0.4) is 0 Å². The molecule has 1 saturated carbocycles. The van der Waals surface area contributed by atoms with Crippen LogP contribution in [-0.2, 0) is 16.2 Å². The van der Waals surface area contributed by atoms with E-state index >= 15 is 13.2 Å². The largest absolute Gasteiger partial charge is 0.493 e. The van der Waals surface area contributed by atoms with E-state index in [4.69, 9.17) is 14.2 Å². The van der Waals surface area contributed by atoms with Crippen molar-refractivity contribution in [3.63, 3.8) is 0 Å². The topological polar surface area (TPSA) is 97.4 Å². The van der Waals surface area contributed by atoms with Crippen LogP contribution in [-0.4, -0.2) is 65.5 Å². The quantitative estimate of drug-likeness (QED) is 0.172. The van der Waals surface area contributed by atoms with Gasteiger partial charge in [0.1, 0.15) is 42.1 Å². The normalized spacial score (nSPS) is 21.9. The van der Waals surface area contributed by atoms with Gasteiger partial charge >= 0.3 is 0 Å². The molecule has 3 heterocycles. The molecule has 4 atom stereocenters. The molecule has 0 spiro atoms. The number of fused-ring (bicyclic) bond motifs is 2. The van der Waals surface area contributed by atoms with E-state index in [1.165, 1.54) is 37.0 Å². The summed E-state index contributed by atoms with van der Waals surface area (Å²) in [4.78, 5) is 44.5. The molecule has 1 N–H and O–H groups in total. The fourth-order valence-corrected chi connectivity index (χ4v) is 8.80. The number of likely N-dealkylation sites (tertiary alicyclic amines) is 2. The van der Waals surface area contributed by atoms with Crippen LogP contribution in [0.1, 0.15) is 97.3 Å². The highest BCUT2D eigenvalue weighted by Crippen LogP contribution is 2.44. The van der Waals surface area contributed by atoms with E-state index in [1.54, 1.807) is 30.3 Å². The molecule has 4 aromatic rings. The number of halogens is 3. The first kappa shape index (κ1) is 39.3. The summed E-state index contributed by atoms with van der Waals surface area (Å²) in [5, 5.41) is 3.17. The Bertz CT molecular complexity index is 2100. The maximum absolute atomic E-state index is 15.2. The molecule has 304 valence electrons. The molecule has 58 heavy (non-hydrogen) atoms. The molecular formula is C46H48F3N3O6. The minimum Gasteiger partial charge on any atom is -0.493 e. The smallest absolute Gasteiger partial charge is 0.254 e. The second-order valence-corrected chi connectivity index (χ2v) is 15.8. The van der Waals surface area contributed by atoms with Crippen molar-refractivity contribution in [1.82, 2.24) is 15.1 Å². The van der Waals surface area contributed by atoms with Crippen LogP contribution in [0.2, 0.25) is 0 Å². The Hall–Kier alpha value is -5.52. The summed E-state index contributed by atoms with van der Waals surface area (Å²) >= 11 is 0. The molecule has 4 unspecified atom stereocenters. The molecule has 4 aromatic carbocycles. The van der Waals surface area contributed by atoms with Gasteiger partial charge in [-0.2, -0.15) is 0 Å². The van der Waals surface area contributed by atoms with Gasteiger partial charge < -0.3 is 29.3 Å². The van der Waals surface area contributed by atoms with E-state index in [0.717, 1.165) is 41.0 Å². The highest BCUT2D eigenvalue weighted by Gasteiger charge is 2.46. The third-order valence-electron chi connectivity index (χ3n) is 11.8. The molecule has 3 amide bonds. The predicted molar refractivity (Wildman–Crippen MR) is 210 cm³/mol. The van der Waals surface area contributed by atoms with Crippen molar-refractivity contribution >= 4 is 17.7 Å².